The molecule has 0 aromatic carbocycles. The van der Waals surface area contributed by atoms with Gasteiger partial charge in [0.1, 0.15) is 11.0 Å². The van der Waals surface area contributed by atoms with Crippen molar-refractivity contribution in [2.24, 2.45) is 0 Å². The zero-order valence-electron chi connectivity index (χ0n) is 8.34. The second-order valence-electron chi connectivity index (χ2n) is 2.78. The maximum absolute atomic E-state index is 8.71. The first-order chi connectivity index (χ1) is 7.26. The molecule has 0 saturated heterocycles. The molecular weight excluding hydrogens is 210 g/mol. The minimum Gasteiger partial charge on any atom is -0.369 e. The SMILES string of the molecule is CC#CCCNc1cc(C#N)cc(Cl)n1. The molecule has 0 spiro atoms. The third-order valence-electron chi connectivity index (χ3n) is 1.66. The van der Waals surface area contributed by atoms with Crippen LogP contribution < -0.4 is 5.32 Å². The molecule has 0 amide bonds. The Labute approximate surface area is 94.1 Å². The highest BCUT2D eigenvalue weighted by Gasteiger charge is 1.99. The lowest BCUT2D eigenvalue weighted by Crippen LogP contribution is -2.02. The molecule has 0 radical (unpaired) electrons. The maximum Gasteiger partial charge on any atom is 0.132 e. The van der Waals surface area contributed by atoms with Gasteiger partial charge in [-0.05, 0) is 19.1 Å². The molecule has 0 unspecified atom stereocenters. The van der Waals surface area contributed by atoms with Gasteiger partial charge in [0.25, 0.3) is 0 Å². The molecule has 0 bridgehead atoms. The van der Waals surface area contributed by atoms with Gasteiger partial charge in [0.2, 0.25) is 0 Å². The molecular formula is C11H10ClN3. The summed E-state index contributed by atoms with van der Waals surface area (Å²) in [4.78, 5) is 4.03. The van der Waals surface area contributed by atoms with Gasteiger partial charge >= 0.3 is 0 Å². The van der Waals surface area contributed by atoms with Crippen LogP contribution in [0.4, 0.5) is 5.82 Å². The highest BCUT2D eigenvalue weighted by molar-refractivity contribution is 6.29. The summed E-state index contributed by atoms with van der Waals surface area (Å²) in [6, 6.07) is 5.20. The number of halogens is 1. The van der Waals surface area contributed by atoms with E-state index in [9.17, 15) is 0 Å². The van der Waals surface area contributed by atoms with E-state index in [-0.39, 0.29) is 0 Å². The number of aromatic nitrogens is 1. The summed E-state index contributed by atoms with van der Waals surface area (Å²) >= 11 is 5.74. The first kappa shape index (κ1) is 11.4. The lowest BCUT2D eigenvalue weighted by Gasteiger charge is -2.03. The summed E-state index contributed by atoms with van der Waals surface area (Å²) in [6.07, 6.45) is 0.743. The van der Waals surface area contributed by atoms with Crippen LogP contribution in [-0.4, -0.2) is 11.5 Å². The second kappa shape index (κ2) is 5.90. The normalized spacial score (nSPS) is 8.60. The van der Waals surface area contributed by atoms with Crippen LogP contribution in [-0.2, 0) is 0 Å². The zero-order valence-corrected chi connectivity index (χ0v) is 9.10. The summed E-state index contributed by atoms with van der Waals surface area (Å²) in [7, 11) is 0. The van der Waals surface area contributed by atoms with Crippen molar-refractivity contribution in [2.45, 2.75) is 13.3 Å². The van der Waals surface area contributed by atoms with Gasteiger partial charge in [-0.25, -0.2) is 4.98 Å². The van der Waals surface area contributed by atoms with Crippen molar-refractivity contribution in [1.82, 2.24) is 4.98 Å². The van der Waals surface area contributed by atoms with Crippen LogP contribution in [0.3, 0.4) is 0 Å². The molecule has 0 saturated carbocycles. The van der Waals surface area contributed by atoms with Gasteiger partial charge in [0.05, 0.1) is 11.6 Å². The van der Waals surface area contributed by atoms with E-state index in [1.54, 1.807) is 13.0 Å². The van der Waals surface area contributed by atoms with E-state index < -0.39 is 0 Å². The van der Waals surface area contributed by atoms with E-state index in [1.165, 1.54) is 6.07 Å². The van der Waals surface area contributed by atoms with Gasteiger partial charge in [0, 0.05) is 13.0 Å². The van der Waals surface area contributed by atoms with E-state index in [0.29, 0.717) is 23.1 Å². The number of nitriles is 1. The Morgan fingerprint density at radius 1 is 1.53 bits per heavy atom. The average Bonchev–Trinajstić information content (AvgIpc) is 2.23. The average molecular weight is 220 g/mol. The number of nitrogens with zero attached hydrogens (tertiary/aromatic N) is 2. The Morgan fingerprint density at radius 3 is 3.00 bits per heavy atom. The van der Waals surface area contributed by atoms with Crippen molar-refractivity contribution in [3.05, 3.63) is 22.8 Å². The molecule has 1 N–H and O–H groups in total. The van der Waals surface area contributed by atoms with Crippen molar-refractivity contribution in [3.8, 4) is 17.9 Å². The van der Waals surface area contributed by atoms with Crippen molar-refractivity contribution in [3.63, 3.8) is 0 Å². The van der Waals surface area contributed by atoms with Crippen molar-refractivity contribution >= 4 is 17.4 Å². The van der Waals surface area contributed by atoms with Gasteiger partial charge in [0.15, 0.2) is 0 Å². The fourth-order valence-corrected chi connectivity index (χ4v) is 1.24. The molecule has 0 atom stereocenters. The third kappa shape index (κ3) is 3.89. The lowest BCUT2D eigenvalue weighted by atomic mass is 10.3. The summed E-state index contributed by atoms with van der Waals surface area (Å²) in [5.41, 5.74) is 0.499. The number of rotatable bonds is 3. The molecule has 1 aromatic rings. The van der Waals surface area contributed by atoms with Gasteiger partial charge in [-0.1, -0.05) is 11.6 Å². The Bertz CT molecular complexity index is 437. The van der Waals surface area contributed by atoms with Crippen LogP contribution in [0.25, 0.3) is 0 Å². The van der Waals surface area contributed by atoms with Crippen molar-refractivity contribution < 1.29 is 0 Å². The molecule has 0 fully saturated rings. The largest absolute Gasteiger partial charge is 0.369 e. The predicted octanol–water partition coefficient (Wildman–Crippen LogP) is 2.43. The van der Waals surface area contributed by atoms with Gasteiger partial charge in [-0.15, -0.1) is 11.8 Å². The van der Waals surface area contributed by atoms with Gasteiger partial charge < -0.3 is 5.32 Å². The lowest BCUT2D eigenvalue weighted by molar-refractivity contribution is 1.07. The second-order valence-corrected chi connectivity index (χ2v) is 3.17. The Kier molecular flexibility index (Phi) is 4.47. The Balaban J connectivity index is 2.64. The van der Waals surface area contributed by atoms with Crippen LogP contribution in [0.15, 0.2) is 12.1 Å². The highest BCUT2D eigenvalue weighted by atomic mass is 35.5. The van der Waals surface area contributed by atoms with Crippen LogP contribution in [0.5, 0.6) is 0 Å². The van der Waals surface area contributed by atoms with Gasteiger partial charge in [-0.2, -0.15) is 5.26 Å². The van der Waals surface area contributed by atoms with E-state index in [4.69, 9.17) is 16.9 Å². The fraction of sp³-hybridized carbons (Fsp3) is 0.273. The van der Waals surface area contributed by atoms with Crippen molar-refractivity contribution in [1.29, 1.82) is 5.26 Å². The van der Waals surface area contributed by atoms with Crippen LogP contribution in [0, 0.1) is 23.2 Å². The van der Waals surface area contributed by atoms with Gasteiger partial charge in [-0.3, -0.25) is 0 Å². The minimum absolute atomic E-state index is 0.318. The smallest absolute Gasteiger partial charge is 0.132 e. The quantitative estimate of drug-likeness (QED) is 0.483. The maximum atomic E-state index is 8.71. The van der Waals surface area contributed by atoms with Crippen LogP contribution in [0.2, 0.25) is 5.15 Å². The van der Waals surface area contributed by atoms with E-state index in [2.05, 4.69) is 22.1 Å². The summed E-state index contributed by atoms with van der Waals surface area (Å²) in [5.74, 6) is 6.33. The molecule has 0 aliphatic carbocycles. The number of hydrogen-bond acceptors (Lipinski definition) is 3. The molecule has 1 aromatic heterocycles. The van der Waals surface area contributed by atoms with E-state index in [1.807, 2.05) is 6.07 Å². The molecule has 1 heterocycles. The first-order valence-corrected chi connectivity index (χ1v) is 4.85. The highest BCUT2D eigenvalue weighted by Crippen LogP contribution is 2.13. The summed E-state index contributed by atoms with van der Waals surface area (Å²) in [6.45, 7) is 2.49. The molecule has 15 heavy (non-hydrogen) atoms. The standard InChI is InChI=1S/C11H10ClN3/c1-2-3-4-5-14-11-7-9(8-13)6-10(12)15-11/h6-7H,4-5H2,1H3,(H,14,15). The van der Waals surface area contributed by atoms with Crippen LogP contribution >= 0.6 is 11.6 Å². The number of pyridine rings is 1. The predicted molar refractivity (Wildman–Crippen MR) is 60.5 cm³/mol. The molecule has 0 aliphatic heterocycles. The van der Waals surface area contributed by atoms with Crippen LogP contribution in [0.1, 0.15) is 18.9 Å². The monoisotopic (exact) mass is 219 g/mol. The molecule has 1 rings (SSSR count). The topological polar surface area (TPSA) is 48.7 Å². The molecule has 76 valence electrons. The van der Waals surface area contributed by atoms with E-state index >= 15 is 0 Å². The first-order valence-electron chi connectivity index (χ1n) is 4.47. The molecule has 3 nitrogen and oxygen atoms in total. The number of anilines is 1. The summed E-state index contributed by atoms with van der Waals surface area (Å²) < 4.78 is 0. The third-order valence-corrected chi connectivity index (χ3v) is 1.85. The number of hydrogen-bond donors (Lipinski definition) is 1. The fourth-order valence-electron chi connectivity index (χ4n) is 1.03. The van der Waals surface area contributed by atoms with Crippen molar-refractivity contribution in [2.75, 3.05) is 11.9 Å². The Hall–Kier alpha value is -1.71. The number of nitrogens with one attached hydrogen (secondary N) is 1. The Morgan fingerprint density at radius 2 is 2.33 bits per heavy atom. The minimum atomic E-state index is 0.318. The summed E-state index contributed by atoms with van der Waals surface area (Å²) in [5, 5.41) is 12.1. The molecule has 0 aliphatic rings. The van der Waals surface area contributed by atoms with E-state index in [0.717, 1.165) is 6.42 Å². The zero-order chi connectivity index (χ0) is 11.1. The molecule has 4 heteroatoms.